The van der Waals surface area contributed by atoms with Crippen LogP contribution in [0.2, 0.25) is 0 Å². The Morgan fingerprint density at radius 2 is 1.85 bits per heavy atom. The molecule has 6 heteroatoms. The van der Waals surface area contributed by atoms with Crippen molar-refractivity contribution in [1.82, 2.24) is 0 Å². The van der Waals surface area contributed by atoms with Gasteiger partial charge in [-0.3, -0.25) is 4.79 Å². The van der Waals surface area contributed by atoms with Crippen molar-refractivity contribution in [2.75, 3.05) is 0 Å². The standard InChI is InChI=1S/C21H18O5S/c1-13-11-15(7-9-18(13)22)21(16-8-10-19(23)14(2)12-16)17-5-3-4-6-20(17)27-26-25-24/h3-12,22,24H,1-2H3/b21-16-. The fraction of sp³-hybridized carbons (Fsp3) is 0.0952. The molecular formula is C21H18O5S. The summed E-state index contributed by atoms with van der Waals surface area (Å²) in [6, 6.07) is 12.8. The maximum atomic E-state index is 11.9. The van der Waals surface area contributed by atoms with Crippen LogP contribution in [0.25, 0.3) is 5.57 Å². The van der Waals surface area contributed by atoms with E-state index in [1.807, 2.05) is 49.4 Å². The highest BCUT2D eigenvalue weighted by Crippen LogP contribution is 2.37. The van der Waals surface area contributed by atoms with Crippen LogP contribution in [0.15, 0.2) is 76.7 Å². The molecule has 2 aromatic carbocycles. The van der Waals surface area contributed by atoms with Gasteiger partial charge in [0.1, 0.15) is 5.75 Å². The average molecular weight is 382 g/mol. The largest absolute Gasteiger partial charge is 0.508 e. The van der Waals surface area contributed by atoms with Crippen LogP contribution < -0.4 is 0 Å². The Kier molecular flexibility index (Phi) is 5.93. The number of carbonyl (C=O) groups excluding carboxylic acids is 1. The second-order valence-corrected chi connectivity index (χ2v) is 6.82. The molecule has 0 saturated carbocycles. The fourth-order valence-corrected chi connectivity index (χ4v) is 3.39. The first kappa shape index (κ1) is 19.1. The summed E-state index contributed by atoms with van der Waals surface area (Å²) in [5.74, 6) is 0.184. The van der Waals surface area contributed by atoms with E-state index in [1.165, 1.54) is 0 Å². The van der Waals surface area contributed by atoms with Crippen LogP contribution in [0.5, 0.6) is 5.75 Å². The lowest BCUT2D eigenvalue weighted by molar-refractivity contribution is -0.432. The van der Waals surface area contributed by atoms with Gasteiger partial charge in [-0.15, -0.1) is 4.33 Å². The van der Waals surface area contributed by atoms with Gasteiger partial charge in [-0.25, -0.2) is 5.26 Å². The Morgan fingerprint density at radius 3 is 2.56 bits per heavy atom. The van der Waals surface area contributed by atoms with E-state index < -0.39 is 0 Å². The summed E-state index contributed by atoms with van der Waals surface area (Å²) in [4.78, 5) is 12.6. The SMILES string of the molecule is CC1=C/C(=C(/c2ccc(O)c(C)c2)c2ccccc2SOOO)C=CC1=O. The number of rotatable bonds is 5. The Bertz CT molecular complexity index is 972. The minimum absolute atomic E-state index is 0.0281. The highest BCUT2D eigenvalue weighted by Gasteiger charge is 2.18. The van der Waals surface area contributed by atoms with Crippen LogP contribution in [0.4, 0.5) is 0 Å². The van der Waals surface area contributed by atoms with Crippen molar-refractivity contribution in [3.05, 3.63) is 88.5 Å². The average Bonchev–Trinajstić information content (AvgIpc) is 2.67. The topological polar surface area (TPSA) is 76.0 Å². The van der Waals surface area contributed by atoms with E-state index in [0.29, 0.717) is 5.57 Å². The first-order chi connectivity index (χ1) is 13.0. The summed E-state index contributed by atoms with van der Waals surface area (Å²) >= 11 is 0.875. The van der Waals surface area contributed by atoms with Gasteiger partial charge in [0.15, 0.2) is 5.78 Å². The van der Waals surface area contributed by atoms with E-state index in [1.54, 1.807) is 25.1 Å². The van der Waals surface area contributed by atoms with Gasteiger partial charge >= 0.3 is 0 Å². The number of hydrogen-bond acceptors (Lipinski definition) is 6. The number of aryl methyl sites for hydroxylation is 1. The Morgan fingerprint density at radius 1 is 1.07 bits per heavy atom. The van der Waals surface area contributed by atoms with Crippen LogP contribution in [-0.4, -0.2) is 16.1 Å². The van der Waals surface area contributed by atoms with Crippen molar-refractivity contribution >= 4 is 23.4 Å². The number of hydrogen-bond donors (Lipinski definition) is 2. The molecule has 2 N–H and O–H groups in total. The van der Waals surface area contributed by atoms with E-state index in [4.69, 9.17) is 5.26 Å². The zero-order valence-corrected chi connectivity index (χ0v) is 15.6. The van der Waals surface area contributed by atoms with Gasteiger partial charge in [-0.05, 0) is 77.6 Å². The van der Waals surface area contributed by atoms with Gasteiger partial charge in [-0.2, -0.15) is 0 Å². The summed E-state index contributed by atoms with van der Waals surface area (Å²) in [7, 11) is 0. The van der Waals surface area contributed by atoms with E-state index in [9.17, 15) is 9.90 Å². The maximum Gasteiger partial charge on any atom is 0.181 e. The molecule has 2 aromatic rings. The second-order valence-electron chi connectivity index (χ2n) is 6.08. The number of phenols is 1. The zero-order valence-electron chi connectivity index (χ0n) is 14.8. The predicted octanol–water partition coefficient (Wildman–Crippen LogP) is 5.02. The molecule has 138 valence electrons. The molecule has 0 saturated heterocycles. The normalized spacial score (nSPS) is 15.7. The van der Waals surface area contributed by atoms with Gasteiger partial charge < -0.3 is 5.11 Å². The molecule has 0 heterocycles. The van der Waals surface area contributed by atoms with Gasteiger partial charge in [-0.1, -0.05) is 35.4 Å². The Hall–Kier alpha value is -2.64. The van der Waals surface area contributed by atoms with E-state index in [-0.39, 0.29) is 11.5 Å². The quantitative estimate of drug-likeness (QED) is 0.430. The van der Waals surface area contributed by atoms with Crippen LogP contribution in [0.1, 0.15) is 23.6 Å². The first-order valence-corrected chi connectivity index (χ1v) is 8.94. The minimum Gasteiger partial charge on any atom is -0.508 e. The number of benzene rings is 2. The van der Waals surface area contributed by atoms with E-state index in [2.05, 4.69) is 9.37 Å². The minimum atomic E-state index is -0.0281. The lowest BCUT2D eigenvalue weighted by Crippen LogP contribution is -2.03. The molecule has 0 bridgehead atoms. The number of carbonyl (C=O) groups is 1. The van der Waals surface area contributed by atoms with Gasteiger partial charge in [0.2, 0.25) is 0 Å². The molecule has 3 rings (SSSR count). The van der Waals surface area contributed by atoms with Gasteiger partial charge in [0.25, 0.3) is 0 Å². The Labute approximate surface area is 161 Å². The number of ketones is 1. The molecule has 0 atom stereocenters. The molecule has 0 aromatic heterocycles. The predicted molar refractivity (Wildman–Crippen MR) is 104 cm³/mol. The molecule has 0 radical (unpaired) electrons. The van der Waals surface area contributed by atoms with E-state index >= 15 is 0 Å². The van der Waals surface area contributed by atoms with Crippen LogP contribution in [-0.2, 0) is 14.2 Å². The molecular weight excluding hydrogens is 364 g/mol. The lowest BCUT2D eigenvalue weighted by Gasteiger charge is -2.17. The highest BCUT2D eigenvalue weighted by atomic mass is 32.2. The molecule has 0 spiro atoms. The molecule has 27 heavy (non-hydrogen) atoms. The van der Waals surface area contributed by atoms with Crippen LogP contribution in [0.3, 0.4) is 0 Å². The van der Waals surface area contributed by atoms with Crippen molar-refractivity contribution in [2.24, 2.45) is 0 Å². The summed E-state index contributed by atoms with van der Waals surface area (Å²) in [5.41, 5.74) is 4.81. The Balaban J connectivity index is 2.25. The van der Waals surface area contributed by atoms with Gasteiger partial charge in [0.05, 0.1) is 12.0 Å². The van der Waals surface area contributed by atoms with Gasteiger partial charge in [0, 0.05) is 4.90 Å². The zero-order chi connectivity index (χ0) is 19.4. The van der Waals surface area contributed by atoms with Crippen molar-refractivity contribution in [3.63, 3.8) is 0 Å². The van der Waals surface area contributed by atoms with Crippen molar-refractivity contribution in [3.8, 4) is 5.75 Å². The fourth-order valence-electron chi connectivity index (χ4n) is 2.89. The smallest absolute Gasteiger partial charge is 0.181 e. The van der Waals surface area contributed by atoms with Crippen molar-refractivity contribution < 1.29 is 24.5 Å². The highest BCUT2D eigenvalue weighted by molar-refractivity contribution is 7.94. The van der Waals surface area contributed by atoms with Crippen molar-refractivity contribution in [1.29, 1.82) is 0 Å². The van der Waals surface area contributed by atoms with Crippen LogP contribution >= 0.6 is 12.0 Å². The summed E-state index contributed by atoms with van der Waals surface area (Å²) in [6.07, 6.45) is 5.16. The third kappa shape index (κ3) is 4.20. The third-order valence-corrected chi connectivity index (χ3v) is 4.92. The molecule has 0 fully saturated rings. The third-order valence-electron chi connectivity index (χ3n) is 4.26. The maximum absolute atomic E-state index is 11.9. The summed E-state index contributed by atoms with van der Waals surface area (Å²) in [6.45, 7) is 3.60. The molecule has 5 nitrogen and oxygen atoms in total. The second kappa shape index (κ2) is 8.37. The number of aromatic hydroxyl groups is 1. The number of allylic oxidation sites excluding steroid dienone is 5. The summed E-state index contributed by atoms with van der Waals surface area (Å²) < 4.78 is 4.64. The molecule has 0 unspecified atom stereocenters. The number of phenolic OH excluding ortho intramolecular Hbond substituents is 1. The molecule has 0 amide bonds. The van der Waals surface area contributed by atoms with E-state index in [0.717, 1.165) is 44.8 Å². The molecule has 0 aliphatic heterocycles. The molecule has 1 aliphatic carbocycles. The summed E-state index contributed by atoms with van der Waals surface area (Å²) in [5, 5.41) is 22.2. The van der Waals surface area contributed by atoms with Crippen LogP contribution in [0, 0.1) is 6.92 Å². The lowest BCUT2D eigenvalue weighted by atomic mass is 9.88. The monoisotopic (exact) mass is 382 g/mol. The van der Waals surface area contributed by atoms with Crippen molar-refractivity contribution in [2.45, 2.75) is 18.7 Å². The molecule has 1 aliphatic rings. The first-order valence-electron chi connectivity index (χ1n) is 8.20.